The molecule has 0 aromatic rings. The largest absolute Gasteiger partial charge is 0.315 e. The molecule has 1 aliphatic rings. The summed E-state index contributed by atoms with van der Waals surface area (Å²) in [6, 6.07) is 0.778. The molecule has 1 rings (SSSR count). The second kappa shape index (κ2) is 9.32. The van der Waals surface area contributed by atoms with Crippen molar-refractivity contribution in [2.75, 3.05) is 37.7 Å². The highest BCUT2D eigenvalue weighted by Gasteiger charge is 2.17. The Morgan fingerprint density at radius 1 is 1.25 bits per heavy atom. The lowest BCUT2D eigenvalue weighted by Crippen LogP contribution is -2.43. The minimum Gasteiger partial charge on any atom is -0.315 e. The highest BCUT2D eigenvalue weighted by Crippen LogP contribution is 2.14. The molecule has 0 aromatic carbocycles. The molecule has 1 heterocycles. The van der Waals surface area contributed by atoms with Crippen LogP contribution in [0.2, 0.25) is 0 Å². The Kier molecular flexibility index (Phi) is 8.34. The summed E-state index contributed by atoms with van der Waals surface area (Å²) in [5.41, 5.74) is 0. The van der Waals surface area contributed by atoms with Crippen molar-refractivity contribution < 1.29 is 0 Å². The molecule has 1 saturated heterocycles. The van der Waals surface area contributed by atoms with Gasteiger partial charge in [0.2, 0.25) is 0 Å². The molecule has 0 bridgehead atoms. The molecule has 1 fully saturated rings. The maximum absolute atomic E-state index is 3.56. The van der Waals surface area contributed by atoms with Crippen LogP contribution in [-0.4, -0.2) is 48.6 Å². The van der Waals surface area contributed by atoms with Crippen molar-refractivity contribution >= 4 is 11.8 Å². The number of nitrogens with one attached hydrogen (secondary N) is 1. The van der Waals surface area contributed by atoms with Gasteiger partial charge in [-0.2, -0.15) is 11.8 Å². The first-order chi connectivity index (χ1) is 7.84. The Morgan fingerprint density at radius 2 is 2.12 bits per heavy atom. The highest BCUT2D eigenvalue weighted by molar-refractivity contribution is 7.99. The number of nitrogens with zero attached hydrogens (tertiary/aromatic N) is 1. The zero-order valence-corrected chi connectivity index (χ0v) is 11.8. The smallest absolute Gasteiger partial charge is 0.0158 e. The summed E-state index contributed by atoms with van der Waals surface area (Å²) in [6.07, 6.45) is 5.46. The third-order valence-electron chi connectivity index (χ3n) is 3.29. The predicted molar refractivity (Wildman–Crippen MR) is 75.4 cm³/mol. The standard InChI is InChI=1S/C13H28N2S/c1-3-4-5-6-7-14-8-9-15-10-11-16-12-13(15)2/h13-14H,3-12H2,1-2H3. The zero-order valence-electron chi connectivity index (χ0n) is 11.0. The van der Waals surface area contributed by atoms with Crippen molar-refractivity contribution in [3.63, 3.8) is 0 Å². The van der Waals surface area contributed by atoms with E-state index in [1.54, 1.807) is 0 Å². The predicted octanol–water partition coefficient (Wildman–Crippen LogP) is 2.59. The number of unbranched alkanes of at least 4 members (excludes halogenated alkanes) is 3. The third kappa shape index (κ3) is 6.12. The molecule has 0 aromatic heterocycles. The summed E-state index contributed by atoms with van der Waals surface area (Å²) in [6.45, 7) is 9.51. The van der Waals surface area contributed by atoms with Crippen LogP contribution in [0.4, 0.5) is 0 Å². The Labute approximate surface area is 106 Å². The Hall–Kier alpha value is 0.270. The molecular weight excluding hydrogens is 216 g/mol. The van der Waals surface area contributed by atoms with E-state index in [4.69, 9.17) is 0 Å². The number of rotatable bonds is 8. The van der Waals surface area contributed by atoms with Crippen molar-refractivity contribution in [1.82, 2.24) is 10.2 Å². The van der Waals surface area contributed by atoms with E-state index in [0.29, 0.717) is 0 Å². The maximum Gasteiger partial charge on any atom is 0.0158 e. The third-order valence-corrected chi connectivity index (χ3v) is 4.48. The average Bonchev–Trinajstić information content (AvgIpc) is 2.30. The van der Waals surface area contributed by atoms with Gasteiger partial charge in [-0.3, -0.25) is 4.90 Å². The molecule has 1 unspecified atom stereocenters. The molecule has 0 radical (unpaired) electrons. The Morgan fingerprint density at radius 3 is 2.88 bits per heavy atom. The van der Waals surface area contributed by atoms with Crippen LogP contribution >= 0.6 is 11.8 Å². The molecular formula is C13H28N2S. The van der Waals surface area contributed by atoms with Gasteiger partial charge in [0.25, 0.3) is 0 Å². The molecule has 0 aliphatic carbocycles. The minimum absolute atomic E-state index is 0.778. The molecule has 1 aliphatic heterocycles. The van der Waals surface area contributed by atoms with Crippen molar-refractivity contribution in [2.24, 2.45) is 0 Å². The highest BCUT2D eigenvalue weighted by atomic mass is 32.2. The summed E-state index contributed by atoms with van der Waals surface area (Å²) < 4.78 is 0. The number of thioether (sulfide) groups is 1. The monoisotopic (exact) mass is 244 g/mol. The van der Waals surface area contributed by atoms with Crippen LogP contribution in [-0.2, 0) is 0 Å². The first-order valence-corrected chi connectivity index (χ1v) is 8.02. The maximum atomic E-state index is 3.56. The Balaban J connectivity index is 1.90. The molecule has 1 N–H and O–H groups in total. The number of hydrogen-bond donors (Lipinski definition) is 1. The summed E-state index contributed by atoms with van der Waals surface area (Å²) in [4.78, 5) is 2.62. The van der Waals surface area contributed by atoms with Gasteiger partial charge >= 0.3 is 0 Å². The van der Waals surface area contributed by atoms with Crippen molar-refractivity contribution in [2.45, 2.75) is 45.6 Å². The second-order valence-corrected chi connectivity index (χ2v) is 5.92. The molecule has 0 amide bonds. The molecule has 0 spiro atoms. The molecule has 2 nitrogen and oxygen atoms in total. The fourth-order valence-electron chi connectivity index (χ4n) is 2.12. The number of hydrogen-bond acceptors (Lipinski definition) is 3. The van der Waals surface area contributed by atoms with Crippen molar-refractivity contribution in [3.05, 3.63) is 0 Å². The topological polar surface area (TPSA) is 15.3 Å². The summed E-state index contributed by atoms with van der Waals surface area (Å²) >= 11 is 2.10. The van der Waals surface area contributed by atoms with Crippen molar-refractivity contribution in [1.29, 1.82) is 0 Å². The van der Waals surface area contributed by atoms with E-state index in [1.165, 1.54) is 63.4 Å². The molecule has 96 valence electrons. The van der Waals surface area contributed by atoms with Gasteiger partial charge in [0.05, 0.1) is 0 Å². The Bertz CT molecular complexity index is 164. The van der Waals surface area contributed by atoms with E-state index < -0.39 is 0 Å². The van der Waals surface area contributed by atoms with Crippen LogP contribution in [0.25, 0.3) is 0 Å². The van der Waals surface area contributed by atoms with Crippen LogP contribution in [0, 0.1) is 0 Å². The fourth-order valence-corrected chi connectivity index (χ4v) is 3.20. The van der Waals surface area contributed by atoms with Crippen molar-refractivity contribution in [3.8, 4) is 0 Å². The van der Waals surface area contributed by atoms with Gasteiger partial charge in [-0.15, -0.1) is 0 Å². The summed E-state index contributed by atoms with van der Waals surface area (Å²) in [5, 5.41) is 3.56. The van der Waals surface area contributed by atoms with Crippen LogP contribution in [0.15, 0.2) is 0 Å². The van der Waals surface area contributed by atoms with Crippen LogP contribution in [0.1, 0.15) is 39.5 Å². The SMILES string of the molecule is CCCCCCNCCN1CCSCC1C. The molecule has 1 atom stereocenters. The van der Waals surface area contributed by atoms with Crippen LogP contribution in [0.3, 0.4) is 0 Å². The fraction of sp³-hybridized carbons (Fsp3) is 1.00. The van der Waals surface area contributed by atoms with E-state index in [1.807, 2.05) is 0 Å². The van der Waals surface area contributed by atoms with E-state index in [2.05, 4.69) is 35.8 Å². The van der Waals surface area contributed by atoms with Gasteiger partial charge in [0, 0.05) is 37.2 Å². The second-order valence-electron chi connectivity index (χ2n) is 4.77. The molecule has 16 heavy (non-hydrogen) atoms. The quantitative estimate of drug-likeness (QED) is 0.661. The van der Waals surface area contributed by atoms with Gasteiger partial charge in [0.15, 0.2) is 0 Å². The first-order valence-electron chi connectivity index (χ1n) is 6.87. The van der Waals surface area contributed by atoms with E-state index >= 15 is 0 Å². The average molecular weight is 244 g/mol. The van der Waals surface area contributed by atoms with Gasteiger partial charge in [0.1, 0.15) is 0 Å². The van der Waals surface area contributed by atoms with Crippen LogP contribution < -0.4 is 5.32 Å². The lowest BCUT2D eigenvalue weighted by atomic mass is 10.2. The molecule has 3 heteroatoms. The summed E-state index contributed by atoms with van der Waals surface area (Å²) in [7, 11) is 0. The summed E-state index contributed by atoms with van der Waals surface area (Å²) in [5.74, 6) is 2.64. The van der Waals surface area contributed by atoms with Gasteiger partial charge in [-0.25, -0.2) is 0 Å². The van der Waals surface area contributed by atoms with Gasteiger partial charge < -0.3 is 5.32 Å². The lowest BCUT2D eigenvalue weighted by Gasteiger charge is -2.32. The van der Waals surface area contributed by atoms with E-state index in [0.717, 1.165) is 6.04 Å². The zero-order chi connectivity index (χ0) is 11.6. The van der Waals surface area contributed by atoms with Gasteiger partial charge in [-0.05, 0) is 19.9 Å². The van der Waals surface area contributed by atoms with Gasteiger partial charge in [-0.1, -0.05) is 26.2 Å². The lowest BCUT2D eigenvalue weighted by molar-refractivity contribution is 0.233. The van der Waals surface area contributed by atoms with E-state index in [9.17, 15) is 0 Å². The first kappa shape index (κ1) is 14.3. The normalized spacial score (nSPS) is 22.5. The van der Waals surface area contributed by atoms with E-state index in [-0.39, 0.29) is 0 Å². The minimum atomic E-state index is 0.778. The van der Waals surface area contributed by atoms with Crippen LogP contribution in [0.5, 0.6) is 0 Å². The molecule has 0 saturated carbocycles.